The molecule has 0 aliphatic carbocycles. The van der Waals surface area contributed by atoms with E-state index in [1.165, 1.54) is 12.1 Å². The Morgan fingerprint density at radius 1 is 0.816 bits per heavy atom. The Kier molecular flexibility index (Phi) is 7.26. The van der Waals surface area contributed by atoms with Gasteiger partial charge in [0.05, 0.1) is 11.3 Å². The Morgan fingerprint density at radius 2 is 1.45 bits per heavy atom. The van der Waals surface area contributed by atoms with E-state index >= 15 is 0 Å². The summed E-state index contributed by atoms with van der Waals surface area (Å²) in [6.45, 7) is 6.29. The third-order valence-electron chi connectivity index (χ3n) is 7.05. The minimum atomic E-state index is -0.305. The number of nitrogens with one attached hydrogen (secondary N) is 1. The lowest BCUT2D eigenvalue weighted by Gasteiger charge is -2.34. The molecular formula is C31H31FN4O2. The van der Waals surface area contributed by atoms with Gasteiger partial charge in [0, 0.05) is 44.1 Å². The van der Waals surface area contributed by atoms with E-state index in [9.17, 15) is 14.0 Å². The maximum absolute atomic E-state index is 13.7. The molecule has 2 heterocycles. The number of piperazine rings is 1. The van der Waals surface area contributed by atoms with Crippen LogP contribution in [0.5, 0.6) is 0 Å². The van der Waals surface area contributed by atoms with Gasteiger partial charge in [0.1, 0.15) is 5.82 Å². The fourth-order valence-electron chi connectivity index (χ4n) is 4.85. The largest absolute Gasteiger partial charge is 0.335 e. The van der Waals surface area contributed by atoms with Crippen LogP contribution in [-0.4, -0.2) is 52.5 Å². The van der Waals surface area contributed by atoms with Gasteiger partial charge in [-0.25, -0.2) is 9.18 Å². The van der Waals surface area contributed by atoms with Gasteiger partial charge >= 0.3 is 6.03 Å². The van der Waals surface area contributed by atoms with Crippen molar-refractivity contribution in [1.29, 1.82) is 0 Å². The number of benzene rings is 3. The molecule has 1 aromatic heterocycles. The van der Waals surface area contributed by atoms with E-state index in [0.717, 1.165) is 33.8 Å². The maximum Gasteiger partial charge on any atom is 0.317 e. The average Bonchev–Trinajstić information content (AvgIpc) is 3.29. The molecule has 0 atom stereocenters. The lowest BCUT2D eigenvalue weighted by Crippen LogP contribution is -2.53. The monoisotopic (exact) mass is 510 g/mol. The number of hydrogen-bond donors (Lipinski definition) is 1. The Morgan fingerprint density at radius 3 is 2.11 bits per heavy atom. The molecule has 1 fully saturated rings. The molecule has 0 radical (unpaired) electrons. The molecule has 3 aromatic carbocycles. The van der Waals surface area contributed by atoms with Crippen molar-refractivity contribution >= 4 is 11.9 Å². The van der Waals surface area contributed by atoms with Crippen molar-refractivity contribution in [1.82, 2.24) is 19.7 Å². The van der Waals surface area contributed by atoms with Crippen LogP contribution < -0.4 is 5.32 Å². The van der Waals surface area contributed by atoms with Crippen molar-refractivity contribution in [3.05, 3.63) is 113 Å². The van der Waals surface area contributed by atoms with Gasteiger partial charge in [0.25, 0.3) is 5.91 Å². The number of amides is 3. The van der Waals surface area contributed by atoms with Crippen molar-refractivity contribution in [3.8, 4) is 16.9 Å². The first-order valence-electron chi connectivity index (χ1n) is 12.8. The van der Waals surface area contributed by atoms with Crippen LogP contribution in [0.1, 0.15) is 27.2 Å². The van der Waals surface area contributed by atoms with Gasteiger partial charge < -0.3 is 19.7 Å². The molecule has 0 saturated carbocycles. The molecule has 6 nitrogen and oxygen atoms in total. The predicted molar refractivity (Wildman–Crippen MR) is 147 cm³/mol. The highest BCUT2D eigenvalue weighted by Gasteiger charge is 2.28. The summed E-state index contributed by atoms with van der Waals surface area (Å²) < 4.78 is 15.7. The number of aromatic nitrogens is 1. The van der Waals surface area contributed by atoms with Crippen molar-refractivity contribution in [2.45, 2.75) is 20.4 Å². The van der Waals surface area contributed by atoms with Crippen LogP contribution in [0.3, 0.4) is 0 Å². The smallest absolute Gasteiger partial charge is 0.317 e. The number of hydrogen-bond acceptors (Lipinski definition) is 2. The molecule has 3 amide bonds. The maximum atomic E-state index is 13.7. The Bertz CT molecular complexity index is 1420. The summed E-state index contributed by atoms with van der Waals surface area (Å²) in [6.07, 6.45) is 0. The Hall–Kier alpha value is -4.39. The molecule has 4 aromatic rings. The number of nitrogens with zero attached hydrogens (tertiary/aromatic N) is 3. The van der Waals surface area contributed by atoms with Gasteiger partial charge in [-0.1, -0.05) is 48.0 Å². The zero-order valence-electron chi connectivity index (χ0n) is 21.7. The molecule has 7 heteroatoms. The number of carbonyl (C=O) groups excluding carboxylic acids is 2. The summed E-state index contributed by atoms with van der Waals surface area (Å²) in [7, 11) is 0. The highest BCUT2D eigenvalue weighted by Crippen LogP contribution is 2.31. The second-order valence-electron chi connectivity index (χ2n) is 9.63. The molecular weight excluding hydrogens is 479 g/mol. The van der Waals surface area contributed by atoms with Crippen molar-refractivity contribution in [2.75, 3.05) is 26.2 Å². The average molecular weight is 511 g/mol. The first-order valence-corrected chi connectivity index (χ1v) is 12.8. The number of rotatable bonds is 5. The standard InChI is InChI=1S/C31H31FN4O2/c1-22-8-14-27(15-9-22)36-23(2)28(20-29(36)25-10-12-26(32)13-11-25)30(37)34-16-18-35(19-17-34)31(38)33-21-24-6-4-3-5-7-24/h3-15,20H,16-19,21H2,1-2H3,(H,33,38). The van der Waals surface area contributed by atoms with E-state index in [4.69, 9.17) is 0 Å². The third kappa shape index (κ3) is 5.32. The summed E-state index contributed by atoms with van der Waals surface area (Å²) in [6, 6.07) is 26.0. The van der Waals surface area contributed by atoms with Gasteiger partial charge in [-0.05, 0) is 67.4 Å². The predicted octanol–water partition coefficient (Wildman–Crippen LogP) is 5.57. The molecule has 0 bridgehead atoms. The first kappa shape index (κ1) is 25.3. The second-order valence-corrected chi connectivity index (χ2v) is 9.63. The van der Waals surface area contributed by atoms with Crippen LogP contribution in [0.25, 0.3) is 16.9 Å². The molecule has 0 spiro atoms. The summed E-state index contributed by atoms with van der Waals surface area (Å²) in [4.78, 5) is 29.9. The fourth-order valence-corrected chi connectivity index (χ4v) is 4.85. The van der Waals surface area contributed by atoms with Gasteiger partial charge in [-0.2, -0.15) is 0 Å². The zero-order chi connectivity index (χ0) is 26.6. The Balaban J connectivity index is 1.33. The lowest BCUT2D eigenvalue weighted by atomic mass is 10.1. The zero-order valence-corrected chi connectivity index (χ0v) is 21.7. The van der Waals surface area contributed by atoms with E-state index in [-0.39, 0.29) is 17.8 Å². The van der Waals surface area contributed by atoms with Gasteiger partial charge in [-0.3, -0.25) is 4.79 Å². The van der Waals surface area contributed by atoms with Crippen molar-refractivity contribution in [2.24, 2.45) is 0 Å². The Labute approximate surface area is 222 Å². The quantitative estimate of drug-likeness (QED) is 0.382. The number of carbonyl (C=O) groups is 2. The topological polar surface area (TPSA) is 57.6 Å². The minimum Gasteiger partial charge on any atom is -0.335 e. The number of aryl methyl sites for hydroxylation is 1. The van der Waals surface area contributed by atoms with E-state index < -0.39 is 0 Å². The molecule has 1 N–H and O–H groups in total. The van der Waals surface area contributed by atoms with Gasteiger partial charge in [0.2, 0.25) is 0 Å². The molecule has 38 heavy (non-hydrogen) atoms. The number of urea groups is 1. The molecule has 194 valence electrons. The van der Waals surface area contributed by atoms with Crippen molar-refractivity contribution < 1.29 is 14.0 Å². The molecule has 5 rings (SSSR count). The van der Waals surface area contributed by atoms with Crippen LogP contribution in [0.15, 0.2) is 84.9 Å². The van der Waals surface area contributed by atoms with Crippen LogP contribution >= 0.6 is 0 Å². The first-order chi connectivity index (χ1) is 18.4. The molecule has 1 aliphatic heterocycles. The third-order valence-corrected chi connectivity index (χ3v) is 7.05. The minimum absolute atomic E-state index is 0.0685. The summed E-state index contributed by atoms with van der Waals surface area (Å²) >= 11 is 0. The summed E-state index contributed by atoms with van der Waals surface area (Å²) in [5, 5.41) is 2.96. The number of halogens is 1. The van der Waals surface area contributed by atoms with Gasteiger partial charge in [0.15, 0.2) is 0 Å². The lowest BCUT2D eigenvalue weighted by molar-refractivity contribution is 0.0664. The summed E-state index contributed by atoms with van der Waals surface area (Å²) in [5.41, 5.74) is 6.20. The van der Waals surface area contributed by atoms with E-state index in [1.54, 1.807) is 21.9 Å². The van der Waals surface area contributed by atoms with E-state index in [1.807, 2.05) is 79.1 Å². The summed E-state index contributed by atoms with van der Waals surface area (Å²) in [5.74, 6) is -0.373. The molecule has 1 aliphatic rings. The SMILES string of the molecule is Cc1ccc(-n2c(-c3ccc(F)cc3)cc(C(=O)N3CCN(C(=O)NCc4ccccc4)CC3)c2C)cc1. The van der Waals surface area contributed by atoms with E-state index in [2.05, 4.69) is 5.32 Å². The van der Waals surface area contributed by atoms with Gasteiger partial charge in [-0.15, -0.1) is 0 Å². The van der Waals surface area contributed by atoms with Crippen LogP contribution in [0.4, 0.5) is 9.18 Å². The normalized spacial score (nSPS) is 13.4. The van der Waals surface area contributed by atoms with Crippen LogP contribution in [0, 0.1) is 19.7 Å². The highest BCUT2D eigenvalue weighted by molar-refractivity contribution is 5.97. The van der Waals surface area contributed by atoms with E-state index in [0.29, 0.717) is 38.3 Å². The highest BCUT2D eigenvalue weighted by atomic mass is 19.1. The molecule has 0 unspecified atom stereocenters. The fraction of sp³-hybridized carbons (Fsp3) is 0.226. The molecule has 1 saturated heterocycles. The second kappa shape index (κ2) is 10.9. The van der Waals surface area contributed by atoms with Crippen molar-refractivity contribution in [3.63, 3.8) is 0 Å². The van der Waals surface area contributed by atoms with Crippen LogP contribution in [0.2, 0.25) is 0 Å². The van der Waals surface area contributed by atoms with Crippen LogP contribution in [-0.2, 0) is 6.54 Å².